The molecule has 1 aliphatic carbocycles. The minimum absolute atomic E-state index is 0.0284. The molecule has 2 nitrogen and oxygen atoms in total. The van der Waals surface area contributed by atoms with Crippen LogP contribution in [0.5, 0.6) is 11.5 Å². The zero-order chi connectivity index (χ0) is 13.0. The van der Waals surface area contributed by atoms with Gasteiger partial charge in [-0.05, 0) is 43.2 Å². The van der Waals surface area contributed by atoms with E-state index in [1.165, 1.54) is 37.7 Å². The first-order chi connectivity index (χ1) is 8.74. The fourth-order valence-corrected chi connectivity index (χ4v) is 3.05. The summed E-state index contributed by atoms with van der Waals surface area (Å²) >= 11 is 0. The fraction of sp³-hybridized carbons (Fsp3) is 0.625. The van der Waals surface area contributed by atoms with Gasteiger partial charge in [-0.3, -0.25) is 0 Å². The maximum absolute atomic E-state index is 10.1. The lowest BCUT2D eigenvalue weighted by Crippen LogP contribution is -2.07. The molecule has 0 atom stereocenters. The van der Waals surface area contributed by atoms with Crippen molar-refractivity contribution in [3.63, 3.8) is 0 Å². The van der Waals surface area contributed by atoms with E-state index in [-0.39, 0.29) is 11.5 Å². The van der Waals surface area contributed by atoms with Crippen LogP contribution in [0.3, 0.4) is 0 Å². The summed E-state index contributed by atoms with van der Waals surface area (Å²) in [6.45, 7) is 2.15. The third-order valence-corrected chi connectivity index (χ3v) is 4.12. The average Bonchev–Trinajstić information content (AvgIpc) is 2.41. The molecular formula is C16H24O2. The van der Waals surface area contributed by atoms with Gasteiger partial charge in [0.25, 0.3) is 0 Å². The van der Waals surface area contributed by atoms with Gasteiger partial charge in [-0.1, -0.05) is 38.7 Å². The number of hydrogen-bond acceptors (Lipinski definition) is 2. The van der Waals surface area contributed by atoms with Gasteiger partial charge in [-0.25, -0.2) is 0 Å². The SMILES string of the molecule is CCCCc1c(C2CCCCC2)ccc(O)c1O. The van der Waals surface area contributed by atoms with Gasteiger partial charge in [0, 0.05) is 5.56 Å². The maximum atomic E-state index is 10.1. The van der Waals surface area contributed by atoms with Crippen LogP contribution in [0.4, 0.5) is 0 Å². The molecule has 0 bridgehead atoms. The van der Waals surface area contributed by atoms with Crippen LogP contribution in [0.15, 0.2) is 12.1 Å². The Morgan fingerprint density at radius 1 is 1.11 bits per heavy atom. The predicted octanol–water partition coefficient (Wildman–Crippen LogP) is 4.49. The highest BCUT2D eigenvalue weighted by Gasteiger charge is 2.21. The van der Waals surface area contributed by atoms with Crippen molar-refractivity contribution in [2.75, 3.05) is 0 Å². The summed E-state index contributed by atoms with van der Waals surface area (Å²) in [6.07, 6.45) is 9.43. The molecule has 1 aromatic rings. The largest absolute Gasteiger partial charge is 0.504 e. The van der Waals surface area contributed by atoms with Crippen LogP contribution in [0.1, 0.15) is 68.9 Å². The van der Waals surface area contributed by atoms with E-state index in [0.717, 1.165) is 24.8 Å². The lowest BCUT2D eigenvalue weighted by molar-refractivity contribution is 0.392. The van der Waals surface area contributed by atoms with E-state index in [2.05, 4.69) is 6.92 Å². The topological polar surface area (TPSA) is 40.5 Å². The number of benzene rings is 1. The first-order valence-corrected chi connectivity index (χ1v) is 7.27. The Balaban J connectivity index is 2.29. The van der Waals surface area contributed by atoms with E-state index in [0.29, 0.717) is 5.92 Å². The Labute approximate surface area is 110 Å². The lowest BCUT2D eigenvalue weighted by Gasteiger charge is -2.25. The van der Waals surface area contributed by atoms with Gasteiger partial charge in [-0.2, -0.15) is 0 Å². The van der Waals surface area contributed by atoms with E-state index >= 15 is 0 Å². The molecule has 100 valence electrons. The smallest absolute Gasteiger partial charge is 0.160 e. The Morgan fingerprint density at radius 3 is 2.50 bits per heavy atom. The molecule has 2 heteroatoms. The molecule has 1 saturated carbocycles. The number of hydrogen-bond donors (Lipinski definition) is 2. The highest BCUT2D eigenvalue weighted by molar-refractivity contribution is 5.50. The minimum Gasteiger partial charge on any atom is -0.504 e. The third-order valence-electron chi connectivity index (χ3n) is 4.12. The molecule has 0 spiro atoms. The number of phenols is 2. The maximum Gasteiger partial charge on any atom is 0.160 e. The van der Waals surface area contributed by atoms with E-state index in [1.54, 1.807) is 6.07 Å². The summed E-state index contributed by atoms with van der Waals surface area (Å²) in [6, 6.07) is 3.67. The van der Waals surface area contributed by atoms with Gasteiger partial charge >= 0.3 is 0 Å². The van der Waals surface area contributed by atoms with E-state index in [9.17, 15) is 10.2 Å². The fourth-order valence-electron chi connectivity index (χ4n) is 3.05. The Kier molecular flexibility index (Phi) is 4.51. The normalized spacial score (nSPS) is 16.9. The van der Waals surface area contributed by atoms with Crippen molar-refractivity contribution >= 4 is 0 Å². The van der Waals surface area contributed by atoms with E-state index in [4.69, 9.17) is 0 Å². The van der Waals surface area contributed by atoms with Gasteiger partial charge in [0.1, 0.15) is 0 Å². The summed E-state index contributed by atoms with van der Waals surface area (Å²) in [5.41, 5.74) is 2.27. The molecule has 18 heavy (non-hydrogen) atoms. The van der Waals surface area contributed by atoms with E-state index in [1.807, 2.05) is 6.07 Å². The molecule has 1 aromatic carbocycles. The zero-order valence-electron chi connectivity index (χ0n) is 11.3. The van der Waals surface area contributed by atoms with Crippen LogP contribution in [0, 0.1) is 0 Å². The summed E-state index contributed by atoms with van der Waals surface area (Å²) in [5.74, 6) is 0.726. The predicted molar refractivity (Wildman–Crippen MR) is 74.2 cm³/mol. The Bertz CT molecular complexity index is 392. The number of aromatic hydroxyl groups is 2. The van der Waals surface area contributed by atoms with Gasteiger partial charge < -0.3 is 10.2 Å². The molecule has 0 aliphatic heterocycles. The molecule has 1 fully saturated rings. The van der Waals surface area contributed by atoms with Crippen molar-refractivity contribution in [2.24, 2.45) is 0 Å². The first-order valence-electron chi connectivity index (χ1n) is 7.27. The zero-order valence-corrected chi connectivity index (χ0v) is 11.3. The summed E-state index contributed by atoms with van der Waals surface area (Å²) < 4.78 is 0. The van der Waals surface area contributed by atoms with Crippen LogP contribution in [-0.2, 0) is 6.42 Å². The molecule has 0 saturated heterocycles. The standard InChI is InChI=1S/C16H24O2/c1-2-3-9-14-13(10-11-15(17)16(14)18)12-7-5-4-6-8-12/h10-12,17-18H,2-9H2,1H3. The number of unbranched alkanes of at least 4 members (excludes halogenated alkanes) is 1. The monoisotopic (exact) mass is 248 g/mol. The van der Waals surface area contributed by atoms with Gasteiger partial charge in [0.15, 0.2) is 11.5 Å². The van der Waals surface area contributed by atoms with Crippen molar-refractivity contribution in [1.82, 2.24) is 0 Å². The molecule has 0 aromatic heterocycles. The van der Waals surface area contributed by atoms with Crippen molar-refractivity contribution in [1.29, 1.82) is 0 Å². The molecule has 0 unspecified atom stereocenters. The molecular weight excluding hydrogens is 224 g/mol. The van der Waals surface area contributed by atoms with Crippen molar-refractivity contribution in [3.05, 3.63) is 23.3 Å². The second-order valence-corrected chi connectivity index (χ2v) is 5.44. The van der Waals surface area contributed by atoms with Crippen molar-refractivity contribution in [2.45, 2.75) is 64.2 Å². The van der Waals surface area contributed by atoms with Crippen LogP contribution in [0.25, 0.3) is 0 Å². The van der Waals surface area contributed by atoms with E-state index < -0.39 is 0 Å². The van der Waals surface area contributed by atoms with Gasteiger partial charge in [-0.15, -0.1) is 0 Å². The Hall–Kier alpha value is -1.18. The van der Waals surface area contributed by atoms with Crippen LogP contribution in [0.2, 0.25) is 0 Å². The molecule has 1 aliphatic rings. The average molecular weight is 248 g/mol. The highest BCUT2D eigenvalue weighted by atomic mass is 16.3. The molecule has 2 rings (SSSR count). The van der Waals surface area contributed by atoms with Crippen LogP contribution >= 0.6 is 0 Å². The van der Waals surface area contributed by atoms with Crippen molar-refractivity contribution in [3.8, 4) is 11.5 Å². The second-order valence-electron chi connectivity index (χ2n) is 5.44. The summed E-state index contributed by atoms with van der Waals surface area (Å²) in [5, 5.41) is 19.8. The summed E-state index contributed by atoms with van der Waals surface area (Å²) in [7, 11) is 0. The highest BCUT2D eigenvalue weighted by Crippen LogP contribution is 2.40. The third kappa shape index (κ3) is 2.80. The molecule has 0 amide bonds. The quantitative estimate of drug-likeness (QED) is 0.771. The molecule has 0 heterocycles. The van der Waals surface area contributed by atoms with Crippen molar-refractivity contribution < 1.29 is 10.2 Å². The van der Waals surface area contributed by atoms with Crippen LogP contribution < -0.4 is 0 Å². The van der Waals surface area contributed by atoms with Crippen LogP contribution in [-0.4, -0.2) is 10.2 Å². The number of rotatable bonds is 4. The number of phenolic OH excluding ortho intramolecular Hbond substituents is 2. The minimum atomic E-state index is 0.0284. The van der Waals surface area contributed by atoms with Gasteiger partial charge in [0.05, 0.1) is 0 Å². The molecule has 2 N–H and O–H groups in total. The molecule has 0 radical (unpaired) electrons. The van der Waals surface area contributed by atoms with Gasteiger partial charge in [0.2, 0.25) is 0 Å². The summed E-state index contributed by atoms with van der Waals surface area (Å²) in [4.78, 5) is 0. The second kappa shape index (κ2) is 6.12. The first kappa shape index (κ1) is 13.3. The lowest BCUT2D eigenvalue weighted by atomic mass is 9.81. The Morgan fingerprint density at radius 2 is 1.83 bits per heavy atom.